The van der Waals surface area contributed by atoms with E-state index in [2.05, 4.69) is 4.98 Å². The Hall–Kier alpha value is -1.59. The lowest BCUT2D eigenvalue weighted by molar-refractivity contribution is 0.165. The number of rotatable bonds is 3. The highest BCUT2D eigenvalue weighted by atomic mass is 16.3. The molecule has 3 rings (SSSR count). The van der Waals surface area contributed by atoms with Gasteiger partial charge in [0.25, 0.3) is 0 Å². The van der Waals surface area contributed by atoms with Gasteiger partial charge in [-0.2, -0.15) is 0 Å². The van der Waals surface area contributed by atoms with E-state index in [0.29, 0.717) is 11.5 Å². The van der Waals surface area contributed by atoms with Crippen LogP contribution in [0.4, 0.5) is 5.69 Å². The number of benzene rings is 1. The van der Waals surface area contributed by atoms with Crippen molar-refractivity contribution in [2.75, 3.05) is 12.3 Å². The summed E-state index contributed by atoms with van der Waals surface area (Å²) in [6, 6.07) is 5.52. The van der Waals surface area contributed by atoms with Gasteiger partial charge in [0.15, 0.2) is 0 Å². The summed E-state index contributed by atoms with van der Waals surface area (Å²) in [5.41, 5.74) is 7.82. The Labute approximate surface area is 105 Å². The highest BCUT2D eigenvalue weighted by molar-refractivity contribution is 5.80. The molecule has 1 heterocycles. The van der Waals surface area contributed by atoms with Crippen molar-refractivity contribution in [3.8, 4) is 0 Å². The first-order chi connectivity index (χ1) is 8.57. The van der Waals surface area contributed by atoms with E-state index in [9.17, 15) is 10.2 Å². The Morgan fingerprint density at radius 1 is 1.50 bits per heavy atom. The van der Waals surface area contributed by atoms with Crippen LogP contribution in [0.15, 0.2) is 18.2 Å². The van der Waals surface area contributed by atoms with Crippen LogP contribution in [0.5, 0.6) is 0 Å². The Balaban J connectivity index is 2.29. The van der Waals surface area contributed by atoms with Gasteiger partial charge in [-0.15, -0.1) is 0 Å². The summed E-state index contributed by atoms with van der Waals surface area (Å²) < 4.78 is 1.98. The van der Waals surface area contributed by atoms with Crippen molar-refractivity contribution in [1.82, 2.24) is 9.55 Å². The molecule has 4 N–H and O–H groups in total. The number of fused-ring (bicyclic) bond motifs is 1. The first kappa shape index (κ1) is 11.5. The standard InChI is InChI=1S/C13H17N3O2/c1-8(18)12-15-10-6-9(14)2-3-11(10)16(12)13(7-17)4-5-13/h2-3,6,8,17-18H,4-5,7,14H2,1H3. The predicted octanol–water partition coefficient (Wildman–Crippen LogP) is 1.15. The molecule has 1 fully saturated rings. The molecular weight excluding hydrogens is 230 g/mol. The van der Waals surface area contributed by atoms with Crippen molar-refractivity contribution >= 4 is 16.7 Å². The zero-order valence-corrected chi connectivity index (χ0v) is 10.3. The normalized spacial score (nSPS) is 19.1. The molecule has 1 aliphatic carbocycles. The van der Waals surface area contributed by atoms with Crippen molar-refractivity contribution in [2.24, 2.45) is 0 Å². The van der Waals surface area contributed by atoms with E-state index in [1.807, 2.05) is 16.7 Å². The molecule has 0 spiro atoms. The third kappa shape index (κ3) is 1.51. The van der Waals surface area contributed by atoms with Crippen LogP contribution in [-0.2, 0) is 5.54 Å². The summed E-state index contributed by atoms with van der Waals surface area (Å²) in [6.45, 7) is 1.76. The number of nitrogens with two attached hydrogens (primary N) is 1. The summed E-state index contributed by atoms with van der Waals surface area (Å²) in [5.74, 6) is 0.599. The zero-order chi connectivity index (χ0) is 12.9. The van der Waals surface area contributed by atoms with Gasteiger partial charge < -0.3 is 20.5 Å². The predicted molar refractivity (Wildman–Crippen MR) is 69.1 cm³/mol. The topological polar surface area (TPSA) is 84.3 Å². The van der Waals surface area contributed by atoms with Crippen molar-refractivity contribution in [1.29, 1.82) is 0 Å². The third-order valence-electron chi connectivity index (χ3n) is 3.67. The monoisotopic (exact) mass is 247 g/mol. The number of hydrogen-bond donors (Lipinski definition) is 3. The molecule has 0 radical (unpaired) electrons. The summed E-state index contributed by atoms with van der Waals surface area (Å²) >= 11 is 0. The van der Waals surface area contributed by atoms with Crippen molar-refractivity contribution in [2.45, 2.75) is 31.4 Å². The first-order valence-corrected chi connectivity index (χ1v) is 6.15. The Morgan fingerprint density at radius 2 is 2.22 bits per heavy atom. The minimum Gasteiger partial charge on any atom is -0.399 e. The average Bonchev–Trinajstić information content (AvgIpc) is 3.03. The molecule has 1 aromatic carbocycles. The minimum atomic E-state index is -0.664. The highest BCUT2D eigenvalue weighted by Crippen LogP contribution is 2.46. The summed E-state index contributed by atoms with van der Waals surface area (Å²) in [4.78, 5) is 4.45. The summed E-state index contributed by atoms with van der Waals surface area (Å²) in [5, 5.41) is 19.5. The lowest BCUT2D eigenvalue weighted by atomic mass is 10.2. The fourth-order valence-corrected chi connectivity index (χ4v) is 2.49. The number of aliphatic hydroxyl groups excluding tert-OH is 2. The maximum absolute atomic E-state index is 9.87. The van der Waals surface area contributed by atoms with E-state index < -0.39 is 6.10 Å². The van der Waals surface area contributed by atoms with Crippen LogP contribution in [-0.4, -0.2) is 26.4 Å². The van der Waals surface area contributed by atoms with E-state index in [1.54, 1.807) is 13.0 Å². The van der Waals surface area contributed by atoms with Gasteiger partial charge in [-0.05, 0) is 38.0 Å². The molecule has 0 saturated heterocycles. The fourth-order valence-electron chi connectivity index (χ4n) is 2.49. The van der Waals surface area contributed by atoms with Gasteiger partial charge >= 0.3 is 0 Å². The van der Waals surface area contributed by atoms with Crippen LogP contribution < -0.4 is 5.73 Å². The number of imidazole rings is 1. The SMILES string of the molecule is CC(O)c1nc2cc(N)ccc2n1C1(CO)CC1. The molecule has 1 atom stereocenters. The quantitative estimate of drug-likeness (QED) is 0.710. The van der Waals surface area contributed by atoms with Gasteiger partial charge in [0, 0.05) is 5.69 Å². The van der Waals surface area contributed by atoms with Crippen LogP contribution in [0.1, 0.15) is 31.7 Å². The van der Waals surface area contributed by atoms with Gasteiger partial charge in [-0.1, -0.05) is 0 Å². The van der Waals surface area contributed by atoms with E-state index in [1.165, 1.54) is 0 Å². The number of nitrogen functional groups attached to an aromatic ring is 1. The third-order valence-corrected chi connectivity index (χ3v) is 3.67. The highest BCUT2D eigenvalue weighted by Gasteiger charge is 2.46. The lowest BCUT2D eigenvalue weighted by Crippen LogP contribution is -2.24. The number of nitrogens with zero attached hydrogens (tertiary/aromatic N) is 2. The molecule has 2 aromatic rings. The molecule has 96 valence electrons. The second-order valence-corrected chi connectivity index (χ2v) is 5.11. The minimum absolute atomic E-state index is 0.0720. The average molecular weight is 247 g/mol. The maximum Gasteiger partial charge on any atom is 0.139 e. The maximum atomic E-state index is 9.87. The molecular formula is C13H17N3O2. The second-order valence-electron chi connectivity index (χ2n) is 5.11. The smallest absolute Gasteiger partial charge is 0.139 e. The molecule has 5 nitrogen and oxygen atoms in total. The fraction of sp³-hybridized carbons (Fsp3) is 0.462. The van der Waals surface area contributed by atoms with E-state index in [-0.39, 0.29) is 12.1 Å². The van der Waals surface area contributed by atoms with Crippen LogP contribution >= 0.6 is 0 Å². The molecule has 1 aromatic heterocycles. The molecule has 0 amide bonds. The zero-order valence-electron chi connectivity index (χ0n) is 10.3. The van der Waals surface area contributed by atoms with E-state index in [4.69, 9.17) is 5.73 Å². The number of aromatic nitrogens is 2. The molecule has 1 unspecified atom stereocenters. The van der Waals surface area contributed by atoms with Gasteiger partial charge in [0.2, 0.25) is 0 Å². The molecule has 1 aliphatic rings. The van der Waals surface area contributed by atoms with Gasteiger partial charge in [-0.3, -0.25) is 0 Å². The first-order valence-electron chi connectivity index (χ1n) is 6.15. The summed E-state index contributed by atoms with van der Waals surface area (Å²) in [7, 11) is 0. The van der Waals surface area contributed by atoms with E-state index >= 15 is 0 Å². The van der Waals surface area contributed by atoms with Gasteiger partial charge in [0.1, 0.15) is 11.9 Å². The Bertz CT molecular complexity index is 600. The Morgan fingerprint density at radius 3 is 2.78 bits per heavy atom. The molecule has 18 heavy (non-hydrogen) atoms. The number of aliphatic hydroxyl groups is 2. The molecule has 5 heteroatoms. The van der Waals surface area contributed by atoms with Gasteiger partial charge in [-0.25, -0.2) is 4.98 Å². The molecule has 0 bridgehead atoms. The van der Waals surface area contributed by atoms with Crippen LogP contribution in [0, 0.1) is 0 Å². The van der Waals surface area contributed by atoms with Gasteiger partial charge in [0.05, 0.1) is 23.2 Å². The molecule has 1 saturated carbocycles. The largest absolute Gasteiger partial charge is 0.399 e. The van der Waals surface area contributed by atoms with Crippen molar-refractivity contribution in [3.05, 3.63) is 24.0 Å². The van der Waals surface area contributed by atoms with Crippen LogP contribution in [0.25, 0.3) is 11.0 Å². The van der Waals surface area contributed by atoms with Crippen molar-refractivity contribution < 1.29 is 10.2 Å². The number of anilines is 1. The number of hydrogen-bond acceptors (Lipinski definition) is 4. The second kappa shape index (κ2) is 3.70. The molecule has 0 aliphatic heterocycles. The Kier molecular flexibility index (Phi) is 2.36. The summed E-state index contributed by atoms with van der Waals surface area (Å²) in [6.07, 6.45) is 1.17. The van der Waals surface area contributed by atoms with Crippen molar-refractivity contribution in [3.63, 3.8) is 0 Å². The lowest BCUT2D eigenvalue weighted by Gasteiger charge is -2.19. The van der Waals surface area contributed by atoms with E-state index in [0.717, 1.165) is 23.9 Å². The van der Waals surface area contributed by atoms with Crippen LogP contribution in [0.2, 0.25) is 0 Å². The van der Waals surface area contributed by atoms with Crippen LogP contribution in [0.3, 0.4) is 0 Å².